The Kier molecular flexibility index (Phi) is 2.15. The molecule has 16 heavy (non-hydrogen) atoms. The van der Waals surface area contributed by atoms with E-state index in [9.17, 15) is 0 Å². The van der Waals surface area contributed by atoms with Gasteiger partial charge in [0, 0.05) is 11.6 Å². The van der Waals surface area contributed by atoms with Crippen LogP contribution in [0.15, 0.2) is 28.8 Å². The molecule has 0 bridgehead atoms. The van der Waals surface area contributed by atoms with Crippen LogP contribution in [0.2, 0.25) is 0 Å². The molecule has 2 aromatic rings. The first kappa shape index (κ1) is 9.42. The minimum Gasteiger partial charge on any atom is -0.381 e. The fraction of sp³-hybridized carbons (Fsp3) is 0.250. The molecule has 2 N–H and O–H groups in total. The van der Waals surface area contributed by atoms with Gasteiger partial charge in [-0.15, -0.1) is 0 Å². The van der Waals surface area contributed by atoms with E-state index in [1.165, 1.54) is 11.1 Å². The molecule has 3 rings (SSSR count). The number of benzene rings is 1. The molecule has 0 unspecified atom stereocenters. The highest BCUT2D eigenvalue weighted by Gasteiger charge is 2.12. The average Bonchev–Trinajstić information content (AvgIpc) is 2.75. The first-order chi connectivity index (χ1) is 7.83. The van der Waals surface area contributed by atoms with E-state index >= 15 is 0 Å². The maximum atomic E-state index is 5.53. The molecule has 4 heteroatoms. The number of anilines is 1. The zero-order chi connectivity index (χ0) is 11.0. The van der Waals surface area contributed by atoms with E-state index < -0.39 is 0 Å². The summed E-state index contributed by atoms with van der Waals surface area (Å²) in [5, 5.41) is 3.68. The summed E-state index contributed by atoms with van der Waals surface area (Å²) in [6.07, 6.45) is 0.951. The molecule has 0 aliphatic carbocycles. The van der Waals surface area contributed by atoms with Gasteiger partial charge in [0.1, 0.15) is 0 Å². The highest BCUT2D eigenvalue weighted by molar-refractivity contribution is 5.61. The molecule has 0 saturated heterocycles. The summed E-state index contributed by atoms with van der Waals surface area (Å²) in [7, 11) is 0. The molecular weight excluding hydrogens is 204 g/mol. The summed E-state index contributed by atoms with van der Waals surface area (Å²) >= 11 is 0. The van der Waals surface area contributed by atoms with Gasteiger partial charge in [0.15, 0.2) is 11.6 Å². The van der Waals surface area contributed by atoms with E-state index in [0.29, 0.717) is 18.2 Å². The van der Waals surface area contributed by atoms with Gasteiger partial charge in [0.25, 0.3) is 0 Å². The molecule has 0 atom stereocenters. The number of fused-ring (bicyclic) bond motifs is 1. The van der Waals surface area contributed by atoms with Crippen LogP contribution in [0.25, 0.3) is 11.3 Å². The van der Waals surface area contributed by atoms with E-state index in [-0.39, 0.29) is 0 Å². The van der Waals surface area contributed by atoms with Crippen molar-refractivity contribution in [1.29, 1.82) is 0 Å². The summed E-state index contributed by atoms with van der Waals surface area (Å²) in [4.78, 5) is 0. The Morgan fingerprint density at radius 2 is 2.12 bits per heavy atom. The molecule has 1 aromatic heterocycles. The second-order valence-corrected chi connectivity index (χ2v) is 3.90. The standard InChI is InChI=1S/C12H12N2O2/c13-12-6-11(16-14-12)9-1-2-10-7-15-4-3-8(10)5-9/h1-2,5-6H,3-4,7H2,(H2,13,14). The monoisotopic (exact) mass is 216 g/mol. The van der Waals surface area contributed by atoms with Crippen molar-refractivity contribution >= 4 is 5.82 Å². The lowest BCUT2D eigenvalue weighted by atomic mass is 9.99. The largest absolute Gasteiger partial charge is 0.381 e. The smallest absolute Gasteiger partial charge is 0.169 e. The molecule has 4 nitrogen and oxygen atoms in total. The number of nitrogens with zero attached hydrogens (tertiary/aromatic N) is 1. The van der Waals surface area contributed by atoms with E-state index in [4.69, 9.17) is 15.0 Å². The number of rotatable bonds is 1. The normalized spacial score (nSPS) is 14.8. The zero-order valence-corrected chi connectivity index (χ0v) is 8.77. The van der Waals surface area contributed by atoms with E-state index in [1.54, 1.807) is 6.07 Å². The van der Waals surface area contributed by atoms with Crippen LogP contribution in [0.4, 0.5) is 5.82 Å². The van der Waals surface area contributed by atoms with Gasteiger partial charge in [-0.2, -0.15) is 0 Å². The highest BCUT2D eigenvalue weighted by atomic mass is 16.5. The SMILES string of the molecule is Nc1cc(-c2ccc3c(c2)CCOC3)on1. The van der Waals surface area contributed by atoms with E-state index in [2.05, 4.69) is 17.3 Å². The predicted octanol–water partition coefficient (Wildman–Crippen LogP) is 2.00. The Hall–Kier alpha value is -1.81. The number of aromatic nitrogens is 1. The fourth-order valence-corrected chi connectivity index (χ4v) is 1.94. The van der Waals surface area contributed by atoms with Crippen molar-refractivity contribution in [3.63, 3.8) is 0 Å². The Balaban J connectivity index is 2.02. The van der Waals surface area contributed by atoms with Gasteiger partial charge < -0.3 is 15.0 Å². The Morgan fingerprint density at radius 1 is 1.19 bits per heavy atom. The summed E-state index contributed by atoms with van der Waals surface area (Å²) in [6.45, 7) is 1.49. The zero-order valence-electron chi connectivity index (χ0n) is 8.77. The van der Waals surface area contributed by atoms with Crippen LogP contribution in [-0.2, 0) is 17.8 Å². The first-order valence-corrected chi connectivity index (χ1v) is 5.25. The third-order valence-electron chi connectivity index (χ3n) is 2.79. The Labute approximate surface area is 93.0 Å². The minimum atomic E-state index is 0.413. The van der Waals surface area contributed by atoms with Gasteiger partial charge in [0.05, 0.1) is 13.2 Å². The summed E-state index contributed by atoms with van der Waals surface area (Å²) in [5.41, 5.74) is 9.12. The van der Waals surface area contributed by atoms with Crippen molar-refractivity contribution in [3.8, 4) is 11.3 Å². The van der Waals surface area contributed by atoms with Crippen molar-refractivity contribution in [2.24, 2.45) is 0 Å². The van der Waals surface area contributed by atoms with Gasteiger partial charge in [-0.05, 0) is 23.6 Å². The molecule has 82 valence electrons. The van der Waals surface area contributed by atoms with Crippen molar-refractivity contribution in [1.82, 2.24) is 5.16 Å². The van der Waals surface area contributed by atoms with E-state index in [1.807, 2.05) is 6.07 Å². The molecule has 0 spiro atoms. The summed E-state index contributed by atoms with van der Waals surface area (Å²) in [6, 6.07) is 7.94. The molecule has 0 radical (unpaired) electrons. The van der Waals surface area contributed by atoms with E-state index in [0.717, 1.165) is 18.6 Å². The van der Waals surface area contributed by atoms with Crippen molar-refractivity contribution in [2.75, 3.05) is 12.3 Å². The van der Waals surface area contributed by atoms with Crippen LogP contribution in [0.1, 0.15) is 11.1 Å². The Morgan fingerprint density at radius 3 is 2.94 bits per heavy atom. The fourth-order valence-electron chi connectivity index (χ4n) is 1.94. The number of hydrogen-bond donors (Lipinski definition) is 1. The molecule has 2 heterocycles. The second-order valence-electron chi connectivity index (χ2n) is 3.90. The van der Waals surface area contributed by atoms with Gasteiger partial charge in [-0.25, -0.2) is 0 Å². The van der Waals surface area contributed by atoms with Crippen LogP contribution in [0.5, 0.6) is 0 Å². The molecule has 1 aromatic carbocycles. The van der Waals surface area contributed by atoms with Crippen LogP contribution in [0.3, 0.4) is 0 Å². The minimum absolute atomic E-state index is 0.413. The maximum Gasteiger partial charge on any atom is 0.169 e. The highest BCUT2D eigenvalue weighted by Crippen LogP contribution is 2.26. The quantitative estimate of drug-likeness (QED) is 0.791. The first-order valence-electron chi connectivity index (χ1n) is 5.25. The lowest BCUT2D eigenvalue weighted by Crippen LogP contribution is -2.09. The lowest BCUT2D eigenvalue weighted by molar-refractivity contribution is 0.111. The average molecular weight is 216 g/mol. The molecular formula is C12H12N2O2. The van der Waals surface area contributed by atoms with Crippen LogP contribution in [0, 0.1) is 0 Å². The maximum absolute atomic E-state index is 5.53. The number of hydrogen-bond acceptors (Lipinski definition) is 4. The van der Waals surface area contributed by atoms with Gasteiger partial charge in [-0.1, -0.05) is 17.3 Å². The molecule has 0 saturated carbocycles. The summed E-state index contributed by atoms with van der Waals surface area (Å²) < 4.78 is 10.5. The van der Waals surface area contributed by atoms with Crippen molar-refractivity contribution in [3.05, 3.63) is 35.4 Å². The third-order valence-corrected chi connectivity index (χ3v) is 2.79. The predicted molar refractivity (Wildman–Crippen MR) is 59.7 cm³/mol. The lowest BCUT2D eigenvalue weighted by Gasteiger charge is -2.16. The topological polar surface area (TPSA) is 61.3 Å². The second kappa shape index (κ2) is 3.64. The van der Waals surface area contributed by atoms with Crippen LogP contribution < -0.4 is 5.73 Å². The molecule has 1 aliphatic heterocycles. The van der Waals surface area contributed by atoms with Crippen LogP contribution in [-0.4, -0.2) is 11.8 Å². The van der Waals surface area contributed by atoms with Gasteiger partial charge in [0.2, 0.25) is 0 Å². The Bertz CT molecular complexity index is 519. The van der Waals surface area contributed by atoms with Gasteiger partial charge in [-0.3, -0.25) is 0 Å². The van der Waals surface area contributed by atoms with Gasteiger partial charge >= 0.3 is 0 Å². The summed E-state index contributed by atoms with van der Waals surface area (Å²) in [5.74, 6) is 1.13. The molecule has 0 fully saturated rings. The number of nitrogen functional groups attached to an aromatic ring is 1. The third kappa shape index (κ3) is 1.57. The molecule has 0 amide bonds. The van der Waals surface area contributed by atoms with Crippen molar-refractivity contribution in [2.45, 2.75) is 13.0 Å². The number of ether oxygens (including phenoxy) is 1. The number of nitrogens with two attached hydrogens (primary N) is 1. The molecule has 1 aliphatic rings. The van der Waals surface area contributed by atoms with Crippen molar-refractivity contribution < 1.29 is 9.26 Å². The van der Waals surface area contributed by atoms with Crippen LogP contribution >= 0.6 is 0 Å².